The van der Waals surface area contributed by atoms with Crippen LogP contribution in [0.25, 0.3) is 0 Å². The van der Waals surface area contributed by atoms with E-state index in [9.17, 15) is 18.3 Å². The maximum Gasteiger partial charge on any atom is 0.323 e. The summed E-state index contributed by atoms with van der Waals surface area (Å²) < 4.78 is 23.0. The first-order chi connectivity index (χ1) is 8.94. The molecule has 1 saturated heterocycles. The number of aliphatic carboxylic acids is 1. The van der Waals surface area contributed by atoms with Crippen LogP contribution in [-0.4, -0.2) is 42.6 Å². The number of nitrogens with one attached hydrogen (secondary N) is 1. The lowest BCUT2D eigenvalue weighted by molar-refractivity contribution is -0.145. The molecule has 110 valence electrons. The fourth-order valence-electron chi connectivity index (χ4n) is 3.12. The van der Waals surface area contributed by atoms with E-state index in [2.05, 4.69) is 5.32 Å². The van der Waals surface area contributed by atoms with Gasteiger partial charge in [-0.3, -0.25) is 10.1 Å². The number of carbonyl (C=O) groups is 1. The van der Waals surface area contributed by atoms with Crippen LogP contribution >= 0.6 is 0 Å². The average Bonchev–Trinajstić information content (AvgIpc) is 2.60. The van der Waals surface area contributed by atoms with E-state index >= 15 is 0 Å². The van der Waals surface area contributed by atoms with Crippen molar-refractivity contribution in [2.45, 2.75) is 62.9 Å². The topological polar surface area (TPSA) is 83.5 Å². The van der Waals surface area contributed by atoms with Crippen LogP contribution in [0.5, 0.6) is 0 Å². The molecule has 1 aliphatic carbocycles. The molecule has 1 saturated carbocycles. The van der Waals surface area contributed by atoms with Crippen LogP contribution in [0.3, 0.4) is 0 Å². The number of hydrogen-bond acceptors (Lipinski definition) is 4. The first kappa shape index (κ1) is 14.8. The second-order valence-corrected chi connectivity index (χ2v) is 8.18. The molecule has 0 atom stereocenters. The lowest BCUT2D eigenvalue weighted by atomic mass is 9.90. The predicted molar refractivity (Wildman–Crippen MR) is 72.9 cm³/mol. The van der Waals surface area contributed by atoms with Crippen LogP contribution in [-0.2, 0) is 14.6 Å². The van der Waals surface area contributed by atoms with Gasteiger partial charge in [0.25, 0.3) is 0 Å². The van der Waals surface area contributed by atoms with Crippen LogP contribution in [0, 0.1) is 0 Å². The fourth-order valence-corrected chi connectivity index (χ4v) is 4.64. The minimum Gasteiger partial charge on any atom is -0.480 e. The van der Waals surface area contributed by atoms with Gasteiger partial charge in [0.2, 0.25) is 0 Å². The van der Waals surface area contributed by atoms with E-state index in [1.165, 1.54) is 12.8 Å². The third-order valence-corrected chi connectivity index (χ3v) is 6.08. The summed E-state index contributed by atoms with van der Waals surface area (Å²) in [6.45, 7) is 0. The SMILES string of the molecule is O=C(O)C1(NC2CCCCCC2)CCS(=O)(=O)CC1. The second kappa shape index (κ2) is 5.79. The Morgan fingerprint density at radius 2 is 1.58 bits per heavy atom. The van der Waals surface area contributed by atoms with Gasteiger partial charge < -0.3 is 5.11 Å². The van der Waals surface area contributed by atoms with Gasteiger partial charge in [-0.1, -0.05) is 25.7 Å². The molecule has 19 heavy (non-hydrogen) atoms. The zero-order valence-electron chi connectivity index (χ0n) is 11.2. The Morgan fingerprint density at radius 1 is 1.05 bits per heavy atom. The highest BCUT2D eigenvalue weighted by molar-refractivity contribution is 7.91. The van der Waals surface area contributed by atoms with Crippen LogP contribution in [0.4, 0.5) is 0 Å². The van der Waals surface area contributed by atoms with Gasteiger partial charge in [-0.05, 0) is 25.7 Å². The van der Waals surface area contributed by atoms with Gasteiger partial charge in [0.1, 0.15) is 15.4 Å². The Kier molecular flexibility index (Phi) is 4.50. The quantitative estimate of drug-likeness (QED) is 0.766. The zero-order chi connectivity index (χ0) is 13.9. The number of carboxylic acids is 1. The van der Waals surface area contributed by atoms with Crippen molar-refractivity contribution in [3.8, 4) is 0 Å². The third kappa shape index (κ3) is 3.69. The van der Waals surface area contributed by atoms with Gasteiger partial charge in [0, 0.05) is 6.04 Å². The Balaban J connectivity index is 2.05. The summed E-state index contributed by atoms with van der Waals surface area (Å²) in [5.41, 5.74) is -1.03. The highest BCUT2D eigenvalue weighted by Crippen LogP contribution is 2.27. The number of hydrogen-bond donors (Lipinski definition) is 2. The molecule has 0 spiro atoms. The number of sulfone groups is 1. The fraction of sp³-hybridized carbons (Fsp3) is 0.923. The zero-order valence-corrected chi connectivity index (χ0v) is 12.0. The van der Waals surface area contributed by atoms with Crippen molar-refractivity contribution < 1.29 is 18.3 Å². The predicted octanol–water partition coefficient (Wildman–Crippen LogP) is 1.33. The molecule has 0 aromatic rings. The van der Waals surface area contributed by atoms with Crippen molar-refractivity contribution in [1.29, 1.82) is 0 Å². The van der Waals surface area contributed by atoms with Crippen molar-refractivity contribution in [3.63, 3.8) is 0 Å². The van der Waals surface area contributed by atoms with Gasteiger partial charge >= 0.3 is 5.97 Å². The maximum absolute atomic E-state index is 11.6. The smallest absolute Gasteiger partial charge is 0.323 e. The normalized spacial score (nSPS) is 27.6. The molecule has 2 N–H and O–H groups in total. The van der Waals surface area contributed by atoms with Crippen molar-refractivity contribution in [3.05, 3.63) is 0 Å². The summed E-state index contributed by atoms with van der Waals surface area (Å²) in [6.07, 6.45) is 7.09. The molecule has 2 fully saturated rings. The van der Waals surface area contributed by atoms with Gasteiger partial charge in [-0.25, -0.2) is 8.42 Å². The largest absolute Gasteiger partial charge is 0.480 e. The molecule has 0 amide bonds. The summed E-state index contributed by atoms with van der Waals surface area (Å²) in [6, 6.07) is 0.222. The first-order valence-electron chi connectivity index (χ1n) is 7.15. The Hall–Kier alpha value is -0.620. The minimum absolute atomic E-state index is 0.0149. The van der Waals surface area contributed by atoms with E-state index in [1.807, 2.05) is 0 Å². The lowest BCUT2D eigenvalue weighted by Gasteiger charge is -2.37. The third-order valence-electron chi connectivity index (χ3n) is 4.42. The van der Waals surface area contributed by atoms with E-state index < -0.39 is 21.3 Å². The molecule has 2 aliphatic rings. The number of rotatable bonds is 3. The van der Waals surface area contributed by atoms with E-state index in [-0.39, 0.29) is 30.4 Å². The lowest BCUT2D eigenvalue weighted by Crippen LogP contribution is -2.59. The Bertz CT molecular complexity index is 410. The Labute approximate surface area is 114 Å². The maximum atomic E-state index is 11.6. The molecule has 1 aliphatic heterocycles. The highest BCUT2D eigenvalue weighted by atomic mass is 32.2. The van der Waals surface area contributed by atoms with Crippen molar-refractivity contribution in [1.82, 2.24) is 5.32 Å². The number of carboxylic acid groups (broad SMARTS) is 1. The second-order valence-electron chi connectivity index (χ2n) is 5.87. The van der Waals surface area contributed by atoms with Gasteiger partial charge in [-0.15, -0.1) is 0 Å². The van der Waals surface area contributed by atoms with E-state index in [0.29, 0.717) is 0 Å². The van der Waals surface area contributed by atoms with Gasteiger partial charge in [0.05, 0.1) is 11.5 Å². The van der Waals surface area contributed by atoms with Crippen LogP contribution in [0.1, 0.15) is 51.4 Å². The molecule has 5 nitrogen and oxygen atoms in total. The molecular formula is C13H23NO4S. The van der Waals surface area contributed by atoms with Gasteiger partial charge in [-0.2, -0.15) is 0 Å². The van der Waals surface area contributed by atoms with Crippen molar-refractivity contribution >= 4 is 15.8 Å². The van der Waals surface area contributed by atoms with E-state index in [0.717, 1.165) is 25.7 Å². The first-order valence-corrected chi connectivity index (χ1v) is 8.97. The standard InChI is InChI=1S/C13H23NO4S/c15-12(16)13(7-9-19(17,18)10-8-13)14-11-5-3-1-2-4-6-11/h11,14H,1-10H2,(H,15,16). The molecular weight excluding hydrogens is 266 g/mol. The van der Waals surface area contributed by atoms with Crippen LogP contribution in [0.15, 0.2) is 0 Å². The molecule has 0 radical (unpaired) electrons. The molecule has 0 aromatic heterocycles. The summed E-state index contributed by atoms with van der Waals surface area (Å²) in [5.74, 6) is -0.926. The summed E-state index contributed by atoms with van der Waals surface area (Å²) >= 11 is 0. The molecule has 0 bridgehead atoms. The molecule has 1 heterocycles. The van der Waals surface area contributed by atoms with Crippen molar-refractivity contribution in [2.24, 2.45) is 0 Å². The van der Waals surface area contributed by atoms with Crippen LogP contribution < -0.4 is 5.32 Å². The van der Waals surface area contributed by atoms with E-state index in [4.69, 9.17) is 0 Å². The molecule has 2 rings (SSSR count). The minimum atomic E-state index is -3.04. The average molecular weight is 289 g/mol. The molecule has 0 aromatic carbocycles. The summed E-state index contributed by atoms with van der Waals surface area (Å²) in [5, 5.41) is 12.8. The molecule has 6 heteroatoms. The van der Waals surface area contributed by atoms with Crippen LogP contribution in [0.2, 0.25) is 0 Å². The van der Waals surface area contributed by atoms with Gasteiger partial charge in [0.15, 0.2) is 0 Å². The van der Waals surface area contributed by atoms with Crippen molar-refractivity contribution in [2.75, 3.05) is 11.5 Å². The monoisotopic (exact) mass is 289 g/mol. The summed E-state index contributed by atoms with van der Waals surface area (Å²) in [4.78, 5) is 11.6. The van der Waals surface area contributed by atoms with E-state index in [1.54, 1.807) is 0 Å². The Morgan fingerprint density at radius 3 is 2.05 bits per heavy atom. The summed E-state index contributed by atoms with van der Waals surface area (Å²) in [7, 11) is -3.04. The molecule has 0 unspecified atom stereocenters. The highest BCUT2D eigenvalue weighted by Gasteiger charge is 2.44.